The van der Waals surface area contributed by atoms with Crippen molar-refractivity contribution >= 4 is 11.6 Å². The van der Waals surface area contributed by atoms with Gasteiger partial charge in [-0.15, -0.1) is 5.10 Å². The van der Waals surface area contributed by atoms with Crippen LogP contribution in [0.1, 0.15) is 27.2 Å². The zero-order valence-corrected chi connectivity index (χ0v) is 24.2. The lowest BCUT2D eigenvalue weighted by Crippen LogP contribution is -2.49. The van der Waals surface area contributed by atoms with E-state index in [1.54, 1.807) is 41.3 Å². The van der Waals surface area contributed by atoms with E-state index in [2.05, 4.69) is 31.5 Å². The largest absolute Gasteiger partial charge is 0.377 e. The maximum absolute atomic E-state index is 16.1. The van der Waals surface area contributed by atoms with Gasteiger partial charge in [0.15, 0.2) is 11.4 Å². The number of rotatable bonds is 5. The van der Waals surface area contributed by atoms with Crippen LogP contribution >= 0.6 is 0 Å². The first kappa shape index (κ1) is 29.1. The maximum atomic E-state index is 16.1. The second kappa shape index (κ2) is 11.1. The summed E-state index contributed by atoms with van der Waals surface area (Å²) in [6.07, 6.45) is 1.28. The second-order valence-corrected chi connectivity index (χ2v) is 11.2. The monoisotopic (exact) mass is 622 g/mol. The SMILES string of the molecule is N#Cc1ccc(N2CCN(C(=O)c3ccc(-c4ccc(C(F)(F)[C@]5(O)Cn6nnnc6-c6cc(F)ccc65)nc4)cc3)CC2)cc1. The number of nitrogens with zero attached hydrogens (tertiary/aromatic N) is 8. The fraction of sp³-hybridized carbons (Fsp3) is 0.212. The third-order valence-corrected chi connectivity index (χ3v) is 8.58. The minimum atomic E-state index is -3.90. The van der Waals surface area contributed by atoms with Crippen LogP contribution in [0.15, 0.2) is 85.1 Å². The first-order valence-corrected chi connectivity index (χ1v) is 14.5. The standard InChI is InChI=1S/C33H25F3N8O2/c34-25-8-11-28-27(17-25)30-39-40-41-44(30)20-32(28,46)33(35,36)29-12-7-24(19-38-29)22-3-5-23(6-4-22)31(45)43-15-13-42(14-16-43)26-9-1-21(18-37)2-10-26/h1-12,17,19,46H,13-16,20H2/t32-/m0/s1. The molecular weight excluding hydrogens is 597 g/mol. The van der Waals surface area contributed by atoms with Crippen LogP contribution in [0.2, 0.25) is 0 Å². The van der Waals surface area contributed by atoms with E-state index in [0.717, 1.165) is 34.6 Å². The molecule has 3 aromatic carbocycles. The molecule has 13 heteroatoms. The molecule has 0 aliphatic carbocycles. The molecule has 1 atom stereocenters. The second-order valence-electron chi connectivity index (χ2n) is 11.2. The van der Waals surface area contributed by atoms with Crippen LogP contribution < -0.4 is 4.90 Å². The van der Waals surface area contributed by atoms with Crippen molar-refractivity contribution in [2.75, 3.05) is 31.1 Å². The minimum absolute atomic E-state index is 0.0298. The Morgan fingerprint density at radius 1 is 0.935 bits per heavy atom. The van der Waals surface area contributed by atoms with Gasteiger partial charge in [0.2, 0.25) is 0 Å². The van der Waals surface area contributed by atoms with Crippen LogP contribution in [0.4, 0.5) is 18.9 Å². The molecule has 1 N–H and O–H groups in total. The fourth-order valence-corrected chi connectivity index (χ4v) is 6.00. The van der Waals surface area contributed by atoms with Crippen molar-refractivity contribution in [3.63, 3.8) is 0 Å². The molecule has 1 fully saturated rings. The predicted molar refractivity (Wildman–Crippen MR) is 160 cm³/mol. The molecule has 2 aliphatic rings. The Morgan fingerprint density at radius 2 is 1.65 bits per heavy atom. The lowest BCUT2D eigenvalue weighted by molar-refractivity contribution is -0.207. The zero-order valence-electron chi connectivity index (χ0n) is 24.2. The molecule has 1 amide bonds. The van der Waals surface area contributed by atoms with Gasteiger partial charge in [-0.1, -0.05) is 24.3 Å². The van der Waals surface area contributed by atoms with Gasteiger partial charge < -0.3 is 14.9 Å². The number of carbonyl (C=O) groups is 1. The van der Waals surface area contributed by atoms with E-state index in [4.69, 9.17) is 5.26 Å². The summed E-state index contributed by atoms with van der Waals surface area (Å²) in [6.45, 7) is 1.74. The van der Waals surface area contributed by atoms with E-state index in [1.165, 1.54) is 12.3 Å². The van der Waals surface area contributed by atoms with Gasteiger partial charge in [0, 0.05) is 60.3 Å². The Hall–Kier alpha value is -5.61. The molecule has 5 aromatic rings. The van der Waals surface area contributed by atoms with Crippen molar-refractivity contribution in [2.24, 2.45) is 0 Å². The van der Waals surface area contributed by atoms with Crippen LogP contribution in [-0.4, -0.2) is 67.3 Å². The van der Waals surface area contributed by atoms with Gasteiger partial charge in [-0.05, 0) is 70.6 Å². The lowest BCUT2D eigenvalue weighted by Gasteiger charge is -2.39. The van der Waals surface area contributed by atoms with Crippen molar-refractivity contribution in [3.8, 4) is 28.6 Å². The number of hydrogen-bond acceptors (Lipinski definition) is 8. The van der Waals surface area contributed by atoms with Crippen molar-refractivity contribution in [3.05, 3.63) is 113 Å². The fourth-order valence-electron chi connectivity index (χ4n) is 6.00. The Kier molecular flexibility index (Phi) is 7.01. The molecule has 0 radical (unpaired) electrons. The number of benzene rings is 3. The number of halogens is 3. The highest BCUT2D eigenvalue weighted by atomic mass is 19.3. The molecule has 0 bridgehead atoms. The first-order chi connectivity index (χ1) is 22.2. The molecule has 7 rings (SSSR count). The van der Waals surface area contributed by atoms with E-state index in [-0.39, 0.29) is 22.9 Å². The molecule has 0 saturated carbocycles. The number of fused-ring (bicyclic) bond motifs is 3. The summed E-state index contributed by atoms with van der Waals surface area (Å²) < 4.78 is 47.2. The number of carbonyl (C=O) groups excluding carboxylic acids is 1. The highest BCUT2D eigenvalue weighted by molar-refractivity contribution is 5.95. The Bertz CT molecular complexity index is 1970. The molecule has 1 saturated heterocycles. The van der Waals surface area contributed by atoms with E-state index in [0.29, 0.717) is 48.4 Å². The van der Waals surface area contributed by atoms with Gasteiger partial charge in [-0.25, -0.2) is 9.07 Å². The molecule has 230 valence electrons. The predicted octanol–water partition coefficient (Wildman–Crippen LogP) is 4.37. The van der Waals surface area contributed by atoms with Gasteiger partial charge >= 0.3 is 5.92 Å². The number of piperazine rings is 1. The van der Waals surface area contributed by atoms with Crippen LogP contribution in [0.5, 0.6) is 0 Å². The molecule has 10 nitrogen and oxygen atoms in total. The lowest BCUT2D eigenvalue weighted by atomic mass is 9.80. The molecule has 0 unspecified atom stereocenters. The first-order valence-electron chi connectivity index (χ1n) is 14.5. The number of alkyl halides is 2. The van der Waals surface area contributed by atoms with Gasteiger partial charge in [-0.3, -0.25) is 9.78 Å². The summed E-state index contributed by atoms with van der Waals surface area (Å²) in [6, 6.07) is 22.0. The number of pyridine rings is 1. The third-order valence-electron chi connectivity index (χ3n) is 8.58. The van der Waals surface area contributed by atoms with Gasteiger partial charge in [-0.2, -0.15) is 14.0 Å². The minimum Gasteiger partial charge on any atom is -0.377 e. The Labute approximate surface area is 261 Å². The third kappa shape index (κ3) is 4.83. The molecule has 0 spiro atoms. The molecule has 2 aliphatic heterocycles. The Morgan fingerprint density at radius 3 is 2.33 bits per heavy atom. The summed E-state index contributed by atoms with van der Waals surface area (Å²) in [5.41, 5.74) is -0.416. The highest BCUT2D eigenvalue weighted by Gasteiger charge is 2.59. The highest BCUT2D eigenvalue weighted by Crippen LogP contribution is 2.50. The number of tetrazole rings is 1. The van der Waals surface area contributed by atoms with Crippen LogP contribution in [0, 0.1) is 17.1 Å². The average molecular weight is 623 g/mol. The summed E-state index contributed by atoms with van der Waals surface area (Å²) in [5.74, 6) is -4.61. The smallest absolute Gasteiger partial charge is 0.323 e. The molecule has 4 heterocycles. The normalized spacial score (nSPS) is 17.6. The summed E-state index contributed by atoms with van der Waals surface area (Å²) in [4.78, 5) is 21.2. The number of aromatic nitrogens is 5. The van der Waals surface area contributed by atoms with E-state index < -0.39 is 29.6 Å². The summed E-state index contributed by atoms with van der Waals surface area (Å²) in [5, 5.41) is 31.4. The topological polar surface area (TPSA) is 124 Å². The van der Waals surface area contributed by atoms with Gasteiger partial charge in [0.05, 0.1) is 18.2 Å². The summed E-state index contributed by atoms with van der Waals surface area (Å²) >= 11 is 0. The van der Waals surface area contributed by atoms with Crippen molar-refractivity contribution in [1.82, 2.24) is 30.1 Å². The average Bonchev–Trinajstić information content (AvgIpc) is 3.56. The van der Waals surface area contributed by atoms with Gasteiger partial charge in [0.1, 0.15) is 11.5 Å². The van der Waals surface area contributed by atoms with Crippen LogP contribution in [0.25, 0.3) is 22.5 Å². The van der Waals surface area contributed by atoms with E-state index in [9.17, 15) is 14.3 Å². The number of anilines is 1. The number of hydrogen-bond donors (Lipinski definition) is 1. The maximum Gasteiger partial charge on any atom is 0.323 e. The van der Waals surface area contributed by atoms with Crippen molar-refractivity contribution in [1.29, 1.82) is 5.26 Å². The van der Waals surface area contributed by atoms with E-state index in [1.807, 2.05) is 12.1 Å². The van der Waals surface area contributed by atoms with E-state index >= 15 is 8.78 Å². The molecule has 46 heavy (non-hydrogen) atoms. The number of nitriles is 1. The zero-order chi connectivity index (χ0) is 32.1. The number of aliphatic hydroxyl groups is 1. The quantitative estimate of drug-likeness (QED) is 0.307. The number of amides is 1. The van der Waals surface area contributed by atoms with Gasteiger partial charge in [0.25, 0.3) is 5.91 Å². The van der Waals surface area contributed by atoms with Crippen LogP contribution in [0.3, 0.4) is 0 Å². The van der Waals surface area contributed by atoms with Crippen molar-refractivity contribution < 1.29 is 23.1 Å². The van der Waals surface area contributed by atoms with Crippen LogP contribution in [-0.2, 0) is 18.1 Å². The van der Waals surface area contributed by atoms with Crippen molar-refractivity contribution in [2.45, 2.75) is 18.1 Å². The molecular formula is C33H25F3N8O2. The summed E-state index contributed by atoms with van der Waals surface area (Å²) in [7, 11) is 0. The molecule has 2 aromatic heterocycles. The Balaban J connectivity index is 1.05.